The molecule has 3 nitrogen and oxygen atoms in total. The van der Waals surface area contributed by atoms with Crippen molar-refractivity contribution in [1.29, 1.82) is 0 Å². The molecule has 0 amide bonds. The first-order chi connectivity index (χ1) is 5.70. The fourth-order valence-corrected chi connectivity index (χ4v) is 0.676. The number of hydrogen-bond donors (Lipinski definition) is 1. The Kier molecular flexibility index (Phi) is 5.79. The van der Waals surface area contributed by atoms with Crippen LogP contribution in [0, 0.1) is 0 Å². The van der Waals surface area contributed by atoms with Crippen LogP contribution in [-0.4, -0.2) is 12.6 Å². The highest BCUT2D eigenvalue weighted by Crippen LogP contribution is 1.98. The van der Waals surface area contributed by atoms with Crippen molar-refractivity contribution in [2.24, 2.45) is 5.73 Å². The second-order valence-corrected chi connectivity index (χ2v) is 2.30. The van der Waals surface area contributed by atoms with Gasteiger partial charge in [-0.25, -0.2) is 4.79 Å². The van der Waals surface area contributed by atoms with Crippen molar-refractivity contribution in [2.75, 3.05) is 6.61 Å². The zero-order chi connectivity index (χ0) is 9.40. The number of carbonyl (C=O) groups is 1. The Morgan fingerprint density at radius 2 is 2.33 bits per heavy atom. The zero-order valence-electron chi connectivity index (χ0n) is 7.38. The standard InChI is InChI=1S/C9H15NO2/c1-3-5-6-8(10)7-9(11)12-4-2/h3,7H,1,4-6,10H2,2H3/b8-7-. The highest BCUT2D eigenvalue weighted by Gasteiger charge is 1.97. The van der Waals surface area contributed by atoms with E-state index in [0.29, 0.717) is 18.7 Å². The molecule has 2 N–H and O–H groups in total. The summed E-state index contributed by atoms with van der Waals surface area (Å²) >= 11 is 0. The minimum Gasteiger partial charge on any atom is -0.463 e. The summed E-state index contributed by atoms with van der Waals surface area (Å²) in [5.74, 6) is -0.376. The van der Waals surface area contributed by atoms with E-state index in [-0.39, 0.29) is 5.97 Å². The Bertz CT molecular complexity index is 185. The van der Waals surface area contributed by atoms with E-state index in [1.165, 1.54) is 6.08 Å². The predicted octanol–water partition coefficient (Wildman–Crippen LogP) is 1.36. The van der Waals surface area contributed by atoms with Crippen LogP contribution in [0.4, 0.5) is 0 Å². The molecule has 3 heteroatoms. The quantitative estimate of drug-likeness (QED) is 0.384. The maximum absolute atomic E-state index is 10.8. The number of rotatable bonds is 5. The van der Waals surface area contributed by atoms with Crippen molar-refractivity contribution in [2.45, 2.75) is 19.8 Å². The Morgan fingerprint density at radius 3 is 2.83 bits per heavy atom. The highest BCUT2D eigenvalue weighted by molar-refractivity contribution is 5.82. The number of hydrogen-bond acceptors (Lipinski definition) is 3. The van der Waals surface area contributed by atoms with Gasteiger partial charge in [0.2, 0.25) is 0 Å². The van der Waals surface area contributed by atoms with Crippen molar-refractivity contribution in [3.8, 4) is 0 Å². The SMILES string of the molecule is C=CCC/C(N)=C/C(=O)OCC. The van der Waals surface area contributed by atoms with E-state index in [4.69, 9.17) is 5.73 Å². The fraction of sp³-hybridized carbons (Fsp3) is 0.444. The van der Waals surface area contributed by atoms with E-state index in [1.54, 1.807) is 13.0 Å². The molecule has 68 valence electrons. The number of esters is 1. The summed E-state index contributed by atoms with van der Waals surface area (Å²) < 4.78 is 4.67. The van der Waals surface area contributed by atoms with Gasteiger partial charge in [-0.15, -0.1) is 6.58 Å². The smallest absolute Gasteiger partial charge is 0.332 e. The van der Waals surface area contributed by atoms with Crippen LogP contribution in [0.1, 0.15) is 19.8 Å². The van der Waals surface area contributed by atoms with Gasteiger partial charge in [-0.1, -0.05) is 6.08 Å². The highest BCUT2D eigenvalue weighted by atomic mass is 16.5. The summed E-state index contributed by atoms with van der Waals surface area (Å²) in [4.78, 5) is 10.8. The Balaban J connectivity index is 3.80. The Hall–Kier alpha value is -1.25. The molecule has 0 fully saturated rings. The lowest BCUT2D eigenvalue weighted by Crippen LogP contribution is -2.05. The first-order valence-corrected chi connectivity index (χ1v) is 3.94. The fourth-order valence-electron chi connectivity index (χ4n) is 0.676. The lowest BCUT2D eigenvalue weighted by Gasteiger charge is -1.98. The van der Waals surface area contributed by atoms with E-state index in [9.17, 15) is 4.79 Å². The van der Waals surface area contributed by atoms with Crippen LogP contribution in [0.15, 0.2) is 24.4 Å². The summed E-state index contributed by atoms with van der Waals surface area (Å²) in [7, 11) is 0. The lowest BCUT2D eigenvalue weighted by atomic mass is 10.2. The number of ether oxygens (including phenoxy) is 1. The van der Waals surface area contributed by atoms with Gasteiger partial charge in [0.1, 0.15) is 0 Å². The molecule has 0 aromatic rings. The molecular formula is C9H15NO2. The van der Waals surface area contributed by atoms with Gasteiger partial charge in [-0.05, 0) is 19.8 Å². The molecule has 0 radical (unpaired) electrons. The average molecular weight is 169 g/mol. The third kappa shape index (κ3) is 5.53. The van der Waals surface area contributed by atoms with Crippen molar-refractivity contribution >= 4 is 5.97 Å². The van der Waals surface area contributed by atoms with Crippen LogP contribution in [-0.2, 0) is 9.53 Å². The maximum atomic E-state index is 10.8. The second-order valence-electron chi connectivity index (χ2n) is 2.30. The average Bonchev–Trinajstić information content (AvgIpc) is 2.01. The van der Waals surface area contributed by atoms with Crippen LogP contribution in [0.2, 0.25) is 0 Å². The third-order valence-electron chi connectivity index (χ3n) is 1.23. The normalized spacial score (nSPS) is 10.9. The van der Waals surface area contributed by atoms with E-state index in [1.807, 2.05) is 0 Å². The van der Waals surface area contributed by atoms with Gasteiger partial charge in [0, 0.05) is 11.8 Å². The first kappa shape index (κ1) is 10.8. The topological polar surface area (TPSA) is 52.3 Å². The van der Waals surface area contributed by atoms with Crippen LogP contribution in [0.3, 0.4) is 0 Å². The minimum absolute atomic E-state index is 0.376. The van der Waals surface area contributed by atoms with Gasteiger partial charge < -0.3 is 10.5 Å². The summed E-state index contributed by atoms with van der Waals surface area (Å²) in [6.07, 6.45) is 4.50. The number of carbonyl (C=O) groups excluding carboxylic acids is 1. The molecule has 0 aliphatic rings. The molecule has 0 aliphatic heterocycles. The zero-order valence-corrected chi connectivity index (χ0v) is 7.38. The molecule has 0 spiro atoms. The lowest BCUT2D eigenvalue weighted by molar-refractivity contribution is -0.137. The van der Waals surface area contributed by atoms with E-state index in [0.717, 1.165) is 6.42 Å². The minimum atomic E-state index is -0.376. The molecule has 0 aromatic heterocycles. The van der Waals surface area contributed by atoms with Gasteiger partial charge in [0.05, 0.1) is 6.61 Å². The number of allylic oxidation sites excluding steroid dienone is 2. The summed E-state index contributed by atoms with van der Waals surface area (Å²) in [6, 6.07) is 0. The molecule has 12 heavy (non-hydrogen) atoms. The maximum Gasteiger partial charge on any atom is 0.332 e. The number of nitrogens with two attached hydrogens (primary N) is 1. The van der Waals surface area contributed by atoms with Crippen molar-refractivity contribution in [3.63, 3.8) is 0 Å². The predicted molar refractivity (Wildman–Crippen MR) is 48.3 cm³/mol. The van der Waals surface area contributed by atoms with Gasteiger partial charge in [0.25, 0.3) is 0 Å². The van der Waals surface area contributed by atoms with E-state index < -0.39 is 0 Å². The van der Waals surface area contributed by atoms with E-state index >= 15 is 0 Å². The van der Waals surface area contributed by atoms with Crippen LogP contribution >= 0.6 is 0 Å². The van der Waals surface area contributed by atoms with Gasteiger partial charge in [-0.3, -0.25) is 0 Å². The van der Waals surface area contributed by atoms with Gasteiger partial charge >= 0.3 is 5.97 Å². The Labute approximate surface area is 72.9 Å². The summed E-state index contributed by atoms with van der Waals surface area (Å²) in [5, 5.41) is 0. The molecule has 0 aliphatic carbocycles. The summed E-state index contributed by atoms with van der Waals surface area (Å²) in [5.41, 5.74) is 6.04. The van der Waals surface area contributed by atoms with Gasteiger partial charge in [-0.2, -0.15) is 0 Å². The van der Waals surface area contributed by atoms with E-state index in [2.05, 4.69) is 11.3 Å². The molecule has 0 aromatic carbocycles. The van der Waals surface area contributed by atoms with Crippen LogP contribution < -0.4 is 5.73 Å². The van der Waals surface area contributed by atoms with Gasteiger partial charge in [0.15, 0.2) is 0 Å². The van der Waals surface area contributed by atoms with Crippen molar-refractivity contribution < 1.29 is 9.53 Å². The Morgan fingerprint density at radius 1 is 1.67 bits per heavy atom. The molecule has 0 saturated carbocycles. The second kappa shape index (κ2) is 6.46. The summed E-state index contributed by atoms with van der Waals surface area (Å²) in [6.45, 7) is 5.68. The van der Waals surface area contributed by atoms with Crippen LogP contribution in [0.5, 0.6) is 0 Å². The molecule has 0 saturated heterocycles. The monoisotopic (exact) mass is 169 g/mol. The third-order valence-corrected chi connectivity index (χ3v) is 1.23. The van der Waals surface area contributed by atoms with Crippen LogP contribution in [0.25, 0.3) is 0 Å². The van der Waals surface area contributed by atoms with Crippen molar-refractivity contribution in [1.82, 2.24) is 0 Å². The molecule has 0 unspecified atom stereocenters. The van der Waals surface area contributed by atoms with Crippen molar-refractivity contribution in [3.05, 3.63) is 24.4 Å². The molecule has 0 heterocycles. The first-order valence-electron chi connectivity index (χ1n) is 3.94. The molecular weight excluding hydrogens is 154 g/mol. The molecule has 0 atom stereocenters. The molecule has 0 bridgehead atoms. The molecule has 0 rings (SSSR count). The largest absolute Gasteiger partial charge is 0.463 e.